The molecule has 0 bridgehead atoms. The highest BCUT2D eigenvalue weighted by atomic mass is 32.2. The molecule has 0 saturated carbocycles. The first kappa shape index (κ1) is 12.5. The molecule has 0 aromatic heterocycles. The summed E-state index contributed by atoms with van der Waals surface area (Å²) < 4.78 is 28.9. The van der Waals surface area contributed by atoms with Crippen LogP contribution in [0.3, 0.4) is 0 Å². The van der Waals surface area contributed by atoms with Gasteiger partial charge >= 0.3 is 0 Å². The van der Waals surface area contributed by atoms with Gasteiger partial charge in [-0.3, -0.25) is 0 Å². The molecule has 5 heteroatoms. The maximum Gasteiger partial charge on any atom is 0.182 e. The molecule has 1 aromatic carbocycles. The summed E-state index contributed by atoms with van der Waals surface area (Å²) in [6.45, 7) is 1.53. The molecular formula is C11H13NO3S. The van der Waals surface area contributed by atoms with E-state index >= 15 is 0 Å². The van der Waals surface area contributed by atoms with Gasteiger partial charge in [-0.15, -0.1) is 0 Å². The number of hydrogen-bond acceptors (Lipinski definition) is 4. The van der Waals surface area contributed by atoms with Crippen molar-refractivity contribution in [3.63, 3.8) is 0 Å². The van der Waals surface area contributed by atoms with Gasteiger partial charge in [-0.2, -0.15) is 5.26 Å². The third kappa shape index (κ3) is 2.52. The fourth-order valence-electron chi connectivity index (χ4n) is 1.25. The summed E-state index contributed by atoms with van der Waals surface area (Å²) >= 11 is 0. The maximum absolute atomic E-state index is 12.0. The minimum absolute atomic E-state index is 0.0143. The van der Waals surface area contributed by atoms with Crippen molar-refractivity contribution in [3.05, 3.63) is 24.3 Å². The van der Waals surface area contributed by atoms with Gasteiger partial charge in [0.25, 0.3) is 0 Å². The highest BCUT2D eigenvalue weighted by molar-refractivity contribution is 7.92. The molecule has 1 aromatic rings. The third-order valence-corrected chi connectivity index (χ3v) is 4.42. The monoisotopic (exact) mass is 239 g/mol. The lowest BCUT2D eigenvalue weighted by Crippen LogP contribution is -2.17. The summed E-state index contributed by atoms with van der Waals surface area (Å²) in [6.07, 6.45) is -0.0143. The molecule has 1 unspecified atom stereocenters. The standard InChI is InChI=1S/C11H13NO3S/c1-9(6-7-12)16(13,14)11-5-3-4-10(8-11)15-2/h3-5,8-9H,6H2,1-2H3. The van der Waals surface area contributed by atoms with Crippen LogP contribution >= 0.6 is 0 Å². The van der Waals surface area contributed by atoms with Gasteiger partial charge in [0.2, 0.25) is 0 Å². The number of benzene rings is 1. The molecule has 0 heterocycles. The zero-order valence-corrected chi connectivity index (χ0v) is 9.99. The van der Waals surface area contributed by atoms with Crippen molar-refractivity contribution in [2.24, 2.45) is 0 Å². The first-order valence-electron chi connectivity index (χ1n) is 4.77. The van der Waals surface area contributed by atoms with E-state index in [1.807, 2.05) is 6.07 Å². The Morgan fingerprint density at radius 2 is 2.19 bits per heavy atom. The van der Waals surface area contributed by atoms with Gasteiger partial charge in [0.05, 0.1) is 29.7 Å². The van der Waals surface area contributed by atoms with E-state index in [4.69, 9.17) is 10.00 Å². The van der Waals surface area contributed by atoms with Crippen LogP contribution in [0.2, 0.25) is 0 Å². The summed E-state index contributed by atoms with van der Waals surface area (Å²) in [5.74, 6) is 0.491. The molecule has 1 atom stereocenters. The zero-order chi connectivity index (χ0) is 12.2. The lowest BCUT2D eigenvalue weighted by atomic mass is 10.3. The minimum Gasteiger partial charge on any atom is -0.497 e. The van der Waals surface area contributed by atoms with E-state index in [9.17, 15) is 8.42 Å². The topological polar surface area (TPSA) is 67.2 Å². The Bertz CT molecular complexity index is 502. The van der Waals surface area contributed by atoms with Crippen LogP contribution in [-0.4, -0.2) is 20.8 Å². The van der Waals surface area contributed by atoms with E-state index in [2.05, 4.69) is 0 Å². The SMILES string of the molecule is COc1cccc(S(=O)(=O)C(C)CC#N)c1. The average molecular weight is 239 g/mol. The van der Waals surface area contributed by atoms with Gasteiger partial charge in [-0.05, 0) is 25.1 Å². The summed E-state index contributed by atoms with van der Waals surface area (Å²) in [7, 11) is -1.96. The number of ether oxygens (including phenoxy) is 1. The quantitative estimate of drug-likeness (QED) is 0.803. The second-order valence-corrected chi connectivity index (χ2v) is 5.76. The summed E-state index contributed by atoms with van der Waals surface area (Å²) in [4.78, 5) is 0.189. The van der Waals surface area contributed by atoms with Crippen LogP contribution in [0.1, 0.15) is 13.3 Å². The van der Waals surface area contributed by atoms with Crippen molar-refractivity contribution in [3.8, 4) is 11.8 Å². The Morgan fingerprint density at radius 1 is 1.50 bits per heavy atom. The highest BCUT2D eigenvalue weighted by Gasteiger charge is 2.23. The second kappa shape index (κ2) is 4.99. The number of hydrogen-bond donors (Lipinski definition) is 0. The Morgan fingerprint density at radius 3 is 2.75 bits per heavy atom. The maximum atomic E-state index is 12.0. The van der Waals surface area contributed by atoms with E-state index in [1.165, 1.54) is 26.2 Å². The van der Waals surface area contributed by atoms with E-state index in [1.54, 1.807) is 12.1 Å². The van der Waals surface area contributed by atoms with E-state index < -0.39 is 15.1 Å². The van der Waals surface area contributed by atoms with Gasteiger partial charge in [0.15, 0.2) is 9.84 Å². The smallest absolute Gasteiger partial charge is 0.182 e. The number of rotatable bonds is 4. The fraction of sp³-hybridized carbons (Fsp3) is 0.364. The van der Waals surface area contributed by atoms with Crippen LogP contribution < -0.4 is 4.74 Å². The Labute approximate surface area is 95.4 Å². The molecule has 0 fully saturated rings. The molecular weight excluding hydrogens is 226 g/mol. The molecule has 1 rings (SSSR count). The van der Waals surface area contributed by atoms with Crippen LogP contribution in [0.5, 0.6) is 5.75 Å². The van der Waals surface area contributed by atoms with Gasteiger partial charge < -0.3 is 4.74 Å². The van der Waals surface area contributed by atoms with Gasteiger partial charge in [-0.25, -0.2) is 8.42 Å². The molecule has 0 aliphatic heterocycles. The van der Waals surface area contributed by atoms with Gasteiger partial charge in [0, 0.05) is 0 Å². The Balaban J connectivity index is 3.12. The van der Waals surface area contributed by atoms with Crippen molar-refractivity contribution < 1.29 is 13.2 Å². The van der Waals surface area contributed by atoms with Crippen molar-refractivity contribution >= 4 is 9.84 Å². The number of methoxy groups -OCH3 is 1. The molecule has 16 heavy (non-hydrogen) atoms. The van der Waals surface area contributed by atoms with E-state index in [0.717, 1.165) is 0 Å². The van der Waals surface area contributed by atoms with Crippen molar-refractivity contribution in [2.75, 3.05) is 7.11 Å². The lowest BCUT2D eigenvalue weighted by molar-refractivity contribution is 0.413. The first-order chi connectivity index (χ1) is 7.52. The normalized spacial score (nSPS) is 12.8. The molecule has 0 spiro atoms. The third-order valence-electron chi connectivity index (χ3n) is 2.28. The molecule has 0 aliphatic rings. The molecule has 86 valence electrons. The molecule has 0 amide bonds. The van der Waals surface area contributed by atoms with Crippen molar-refractivity contribution in [1.82, 2.24) is 0 Å². The van der Waals surface area contributed by atoms with Crippen molar-refractivity contribution in [1.29, 1.82) is 5.26 Å². The van der Waals surface area contributed by atoms with Crippen molar-refractivity contribution in [2.45, 2.75) is 23.5 Å². The zero-order valence-electron chi connectivity index (χ0n) is 9.17. The highest BCUT2D eigenvalue weighted by Crippen LogP contribution is 2.22. The molecule has 0 aliphatic carbocycles. The molecule has 0 N–H and O–H groups in total. The summed E-state index contributed by atoms with van der Waals surface area (Å²) in [6, 6.07) is 8.12. The summed E-state index contributed by atoms with van der Waals surface area (Å²) in [5.41, 5.74) is 0. The summed E-state index contributed by atoms with van der Waals surface area (Å²) in [5, 5.41) is 7.80. The largest absolute Gasteiger partial charge is 0.497 e. The average Bonchev–Trinajstić information content (AvgIpc) is 2.29. The minimum atomic E-state index is -3.44. The molecule has 0 radical (unpaired) electrons. The van der Waals surface area contributed by atoms with Crippen LogP contribution in [0.15, 0.2) is 29.2 Å². The second-order valence-electron chi connectivity index (χ2n) is 3.40. The fourth-order valence-corrected chi connectivity index (χ4v) is 2.56. The van der Waals surface area contributed by atoms with E-state index in [0.29, 0.717) is 5.75 Å². The predicted molar refractivity (Wildman–Crippen MR) is 59.9 cm³/mol. The number of nitrogens with zero attached hydrogens (tertiary/aromatic N) is 1. The van der Waals surface area contributed by atoms with Crippen LogP contribution in [0.25, 0.3) is 0 Å². The van der Waals surface area contributed by atoms with Gasteiger partial charge in [-0.1, -0.05) is 6.07 Å². The van der Waals surface area contributed by atoms with Gasteiger partial charge in [0.1, 0.15) is 5.75 Å². The Kier molecular flexibility index (Phi) is 3.91. The predicted octanol–water partition coefficient (Wildman–Crippen LogP) is 1.77. The van der Waals surface area contributed by atoms with Crippen LogP contribution in [0.4, 0.5) is 0 Å². The molecule has 4 nitrogen and oxygen atoms in total. The Hall–Kier alpha value is -1.54. The first-order valence-corrected chi connectivity index (χ1v) is 6.32. The van der Waals surface area contributed by atoms with E-state index in [-0.39, 0.29) is 11.3 Å². The molecule has 0 saturated heterocycles. The van der Waals surface area contributed by atoms with Crippen LogP contribution in [0, 0.1) is 11.3 Å². The number of sulfone groups is 1. The lowest BCUT2D eigenvalue weighted by Gasteiger charge is -2.10. The number of nitriles is 1. The van der Waals surface area contributed by atoms with Crippen LogP contribution in [-0.2, 0) is 9.84 Å².